The Hall–Kier alpha value is -0.680. The molecule has 2 nitrogen and oxygen atoms in total. The molecular formula is C12H15ClF2O2S. The fourth-order valence-corrected chi connectivity index (χ4v) is 2.28. The average Bonchev–Trinajstić information content (AvgIpc) is 2.29. The van der Waals surface area contributed by atoms with Gasteiger partial charge >= 0.3 is 5.76 Å². The van der Waals surface area contributed by atoms with Gasteiger partial charge in [0.1, 0.15) is 0 Å². The van der Waals surface area contributed by atoms with Crippen molar-refractivity contribution in [2.75, 3.05) is 0 Å². The second-order valence-corrected chi connectivity index (χ2v) is 6.89. The van der Waals surface area contributed by atoms with Gasteiger partial charge in [0.2, 0.25) is 9.84 Å². The van der Waals surface area contributed by atoms with Crippen LogP contribution in [0.4, 0.5) is 8.78 Å². The standard InChI is InChI=1S/C12H15ClF2O2S/c1-8(2)11(13)7-9-3-5-10(6-4-9)18(16,17)12(14)15/h3-6,8,11-12H,7H2,1-2H3. The van der Waals surface area contributed by atoms with Crippen molar-refractivity contribution in [3.05, 3.63) is 29.8 Å². The molecule has 0 heterocycles. The van der Waals surface area contributed by atoms with Crippen LogP contribution in [0.3, 0.4) is 0 Å². The first kappa shape index (κ1) is 15.4. The second kappa shape index (κ2) is 5.97. The number of sulfone groups is 1. The van der Waals surface area contributed by atoms with Crippen molar-refractivity contribution in [3.8, 4) is 0 Å². The minimum atomic E-state index is -4.50. The van der Waals surface area contributed by atoms with E-state index in [0.717, 1.165) is 5.56 Å². The number of hydrogen-bond donors (Lipinski definition) is 0. The molecule has 1 rings (SSSR count). The zero-order chi connectivity index (χ0) is 13.9. The minimum Gasteiger partial charge on any atom is -0.218 e. The summed E-state index contributed by atoms with van der Waals surface area (Å²) in [5, 5.41) is -0.0671. The van der Waals surface area contributed by atoms with Crippen molar-refractivity contribution in [1.82, 2.24) is 0 Å². The fourth-order valence-electron chi connectivity index (χ4n) is 1.38. The molecule has 0 aliphatic heterocycles. The third-order valence-electron chi connectivity index (χ3n) is 2.64. The largest absolute Gasteiger partial charge is 0.341 e. The van der Waals surface area contributed by atoms with E-state index in [2.05, 4.69) is 0 Å². The van der Waals surface area contributed by atoms with Crippen LogP contribution in [0.25, 0.3) is 0 Å². The number of alkyl halides is 3. The lowest BCUT2D eigenvalue weighted by atomic mass is 10.0. The van der Waals surface area contributed by atoms with Crippen LogP contribution >= 0.6 is 11.6 Å². The van der Waals surface area contributed by atoms with Gasteiger partial charge in [0.15, 0.2) is 0 Å². The lowest BCUT2D eigenvalue weighted by Crippen LogP contribution is -2.13. The molecule has 1 aromatic rings. The van der Waals surface area contributed by atoms with Crippen LogP contribution in [0.2, 0.25) is 0 Å². The third-order valence-corrected chi connectivity index (χ3v) is 4.70. The molecule has 0 radical (unpaired) electrons. The number of benzene rings is 1. The van der Waals surface area contributed by atoms with E-state index >= 15 is 0 Å². The Balaban J connectivity index is 2.88. The summed E-state index contributed by atoms with van der Waals surface area (Å²) in [6, 6.07) is 5.43. The monoisotopic (exact) mass is 296 g/mol. The summed E-state index contributed by atoms with van der Waals surface area (Å²) in [6.07, 6.45) is 0.578. The van der Waals surface area contributed by atoms with Gasteiger partial charge in [0.25, 0.3) is 0 Å². The summed E-state index contributed by atoms with van der Waals surface area (Å²) in [4.78, 5) is -0.364. The van der Waals surface area contributed by atoms with Crippen LogP contribution < -0.4 is 0 Å². The van der Waals surface area contributed by atoms with Gasteiger partial charge in [0, 0.05) is 5.38 Å². The molecular weight excluding hydrogens is 282 g/mol. The van der Waals surface area contributed by atoms with Crippen molar-refractivity contribution in [3.63, 3.8) is 0 Å². The first-order valence-corrected chi connectivity index (χ1v) is 7.48. The molecule has 0 aliphatic rings. The lowest BCUT2D eigenvalue weighted by molar-refractivity contribution is 0.234. The normalized spacial score (nSPS) is 14.2. The molecule has 1 unspecified atom stereocenters. The highest BCUT2D eigenvalue weighted by atomic mass is 35.5. The van der Waals surface area contributed by atoms with Crippen molar-refractivity contribution in [1.29, 1.82) is 0 Å². The second-order valence-electron chi connectivity index (χ2n) is 4.41. The van der Waals surface area contributed by atoms with E-state index in [0.29, 0.717) is 6.42 Å². The molecule has 0 saturated heterocycles. The Morgan fingerprint density at radius 1 is 1.17 bits per heavy atom. The number of hydrogen-bond acceptors (Lipinski definition) is 2. The van der Waals surface area contributed by atoms with Gasteiger partial charge in [-0.05, 0) is 30.0 Å². The Morgan fingerprint density at radius 2 is 1.67 bits per heavy atom. The maximum atomic E-state index is 12.3. The maximum Gasteiger partial charge on any atom is 0.341 e. The van der Waals surface area contributed by atoms with Gasteiger partial charge in [-0.25, -0.2) is 8.42 Å². The van der Waals surface area contributed by atoms with E-state index in [9.17, 15) is 17.2 Å². The van der Waals surface area contributed by atoms with E-state index in [1.165, 1.54) is 24.3 Å². The van der Waals surface area contributed by atoms with Crippen LogP contribution in [-0.2, 0) is 16.3 Å². The zero-order valence-electron chi connectivity index (χ0n) is 10.1. The smallest absolute Gasteiger partial charge is 0.218 e. The van der Waals surface area contributed by atoms with E-state index in [4.69, 9.17) is 11.6 Å². The van der Waals surface area contributed by atoms with E-state index in [-0.39, 0.29) is 16.2 Å². The quantitative estimate of drug-likeness (QED) is 0.780. The Bertz CT molecular complexity index is 483. The molecule has 0 bridgehead atoms. The summed E-state index contributed by atoms with van der Waals surface area (Å²) >= 11 is 6.09. The summed E-state index contributed by atoms with van der Waals surface area (Å²) in [5.74, 6) is -3.10. The average molecular weight is 297 g/mol. The summed E-state index contributed by atoms with van der Waals surface area (Å²) in [7, 11) is -4.50. The highest BCUT2D eigenvalue weighted by molar-refractivity contribution is 7.91. The van der Waals surface area contributed by atoms with E-state index < -0.39 is 15.6 Å². The summed E-state index contributed by atoms with van der Waals surface area (Å²) in [6.45, 7) is 3.96. The van der Waals surface area contributed by atoms with Gasteiger partial charge in [-0.15, -0.1) is 11.6 Å². The van der Waals surface area contributed by atoms with Crippen LogP contribution in [0.1, 0.15) is 19.4 Å². The lowest BCUT2D eigenvalue weighted by Gasteiger charge is -2.13. The topological polar surface area (TPSA) is 34.1 Å². The Kier molecular flexibility index (Phi) is 5.10. The fraction of sp³-hybridized carbons (Fsp3) is 0.500. The van der Waals surface area contributed by atoms with Gasteiger partial charge < -0.3 is 0 Å². The highest BCUT2D eigenvalue weighted by Gasteiger charge is 2.26. The number of halogens is 3. The SMILES string of the molecule is CC(C)C(Cl)Cc1ccc(S(=O)(=O)C(F)F)cc1. The highest BCUT2D eigenvalue weighted by Crippen LogP contribution is 2.21. The minimum absolute atomic E-state index is 0.0671. The first-order valence-electron chi connectivity index (χ1n) is 5.50. The molecule has 0 fully saturated rings. The molecule has 0 spiro atoms. The first-order chi connectivity index (χ1) is 8.25. The van der Waals surface area contributed by atoms with Crippen LogP contribution in [-0.4, -0.2) is 19.6 Å². The molecule has 1 aromatic carbocycles. The molecule has 6 heteroatoms. The molecule has 0 aromatic heterocycles. The molecule has 18 heavy (non-hydrogen) atoms. The molecule has 1 atom stereocenters. The molecule has 0 saturated carbocycles. The molecule has 0 aliphatic carbocycles. The summed E-state index contributed by atoms with van der Waals surface area (Å²) in [5.41, 5.74) is 0.830. The number of rotatable bonds is 5. The van der Waals surface area contributed by atoms with E-state index in [1.54, 1.807) is 0 Å². The van der Waals surface area contributed by atoms with Crippen LogP contribution in [0.5, 0.6) is 0 Å². The van der Waals surface area contributed by atoms with Gasteiger partial charge in [-0.3, -0.25) is 0 Å². The van der Waals surface area contributed by atoms with Crippen molar-refractivity contribution < 1.29 is 17.2 Å². The van der Waals surface area contributed by atoms with Crippen LogP contribution in [0, 0.1) is 5.92 Å². The third kappa shape index (κ3) is 3.65. The van der Waals surface area contributed by atoms with Gasteiger partial charge in [0.05, 0.1) is 4.90 Å². The molecule has 0 amide bonds. The van der Waals surface area contributed by atoms with Crippen molar-refractivity contribution in [2.24, 2.45) is 5.92 Å². The van der Waals surface area contributed by atoms with Gasteiger partial charge in [-0.1, -0.05) is 26.0 Å². The molecule has 102 valence electrons. The predicted molar refractivity (Wildman–Crippen MR) is 67.8 cm³/mol. The Morgan fingerprint density at radius 3 is 2.06 bits per heavy atom. The van der Waals surface area contributed by atoms with Crippen LogP contribution in [0.15, 0.2) is 29.2 Å². The predicted octanol–water partition coefficient (Wildman–Crippen LogP) is 3.49. The molecule has 0 N–H and O–H groups in total. The zero-order valence-corrected chi connectivity index (χ0v) is 11.7. The van der Waals surface area contributed by atoms with Crippen molar-refractivity contribution in [2.45, 2.75) is 36.3 Å². The van der Waals surface area contributed by atoms with E-state index in [1.807, 2.05) is 13.8 Å². The van der Waals surface area contributed by atoms with Crippen molar-refractivity contribution >= 4 is 21.4 Å². The maximum absolute atomic E-state index is 12.3. The van der Waals surface area contributed by atoms with Gasteiger partial charge in [-0.2, -0.15) is 8.78 Å². The summed E-state index contributed by atoms with van der Waals surface area (Å²) < 4.78 is 47.0. The Labute approximate surface area is 111 Å².